The molecule has 0 spiro atoms. The molecule has 0 heterocycles. The summed E-state index contributed by atoms with van der Waals surface area (Å²) < 4.78 is 66.6. The lowest BCUT2D eigenvalue weighted by molar-refractivity contribution is -0.154. The number of halogens is 6. The van der Waals surface area contributed by atoms with Gasteiger partial charge in [0.1, 0.15) is 5.60 Å². The zero-order chi connectivity index (χ0) is 27.9. The minimum Gasteiger partial charge on any atom is -0.460 e. The van der Waals surface area contributed by atoms with Gasteiger partial charge < -0.3 is 10.1 Å². The number of hydrogen-bond acceptors (Lipinski definition) is 3. The second-order valence-corrected chi connectivity index (χ2v) is 10.3. The smallest absolute Gasteiger partial charge is 0.389 e. The highest BCUT2D eigenvalue weighted by atomic mass is 35.5. The van der Waals surface area contributed by atoms with Crippen LogP contribution in [0.25, 0.3) is 0 Å². The van der Waals surface area contributed by atoms with Crippen LogP contribution in [0.4, 0.5) is 27.6 Å². The molecule has 0 aliphatic heterocycles. The average Bonchev–Trinajstić information content (AvgIpc) is 2.76. The first-order chi connectivity index (χ1) is 17.0. The van der Waals surface area contributed by atoms with Gasteiger partial charge in [0.25, 0.3) is 0 Å². The Morgan fingerprint density at radius 1 is 1.03 bits per heavy atom. The highest BCUT2D eigenvalue weighted by Gasteiger charge is 2.45. The molecule has 3 rings (SSSR count). The van der Waals surface area contributed by atoms with Crippen LogP contribution >= 0.6 is 11.6 Å². The van der Waals surface area contributed by atoms with Gasteiger partial charge in [0.05, 0.1) is 17.1 Å². The molecule has 0 saturated heterocycles. The summed E-state index contributed by atoms with van der Waals surface area (Å²) in [6.07, 6.45) is -5.72. The van der Waals surface area contributed by atoms with E-state index in [4.69, 9.17) is 16.3 Å². The van der Waals surface area contributed by atoms with Crippen LogP contribution in [0, 0.1) is 0 Å². The highest BCUT2D eigenvalue weighted by Crippen LogP contribution is 2.48. The quantitative estimate of drug-likeness (QED) is 0.281. The van der Waals surface area contributed by atoms with Crippen molar-refractivity contribution in [2.45, 2.75) is 82.9 Å². The molecule has 1 aliphatic carbocycles. The van der Waals surface area contributed by atoms with E-state index in [2.05, 4.69) is 5.32 Å². The van der Waals surface area contributed by atoms with Crippen molar-refractivity contribution in [3.63, 3.8) is 0 Å². The molecule has 4 nitrogen and oxygen atoms in total. The second kappa shape index (κ2) is 12.7. The number of carbonyl (C=O) groups excluding carboxylic acids is 2. The van der Waals surface area contributed by atoms with E-state index in [9.17, 15) is 31.5 Å². The number of benzene rings is 2. The van der Waals surface area contributed by atoms with Crippen molar-refractivity contribution in [1.29, 1.82) is 0 Å². The number of esters is 1. The van der Waals surface area contributed by atoms with Crippen molar-refractivity contribution in [3.8, 4) is 0 Å². The fourth-order valence-corrected chi connectivity index (χ4v) is 3.72. The van der Waals surface area contributed by atoms with E-state index < -0.39 is 36.4 Å². The Balaban J connectivity index is 0.000000330. The van der Waals surface area contributed by atoms with Crippen LogP contribution in [-0.2, 0) is 20.7 Å². The molecule has 1 N–H and O–H groups in total. The first-order valence-corrected chi connectivity index (χ1v) is 12.2. The van der Waals surface area contributed by atoms with Gasteiger partial charge in [-0.1, -0.05) is 48.0 Å². The van der Waals surface area contributed by atoms with Crippen molar-refractivity contribution in [2.24, 2.45) is 0 Å². The van der Waals surface area contributed by atoms with Crippen LogP contribution < -0.4 is 5.32 Å². The first-order valence-electron chi connectivity index (χ1n) is 11.8. The first kappa shape index (κ1) is 30.5. The highest BCUT2D eigenvalue weighted by molar-refractivity contribution is 6.33. The van der Waals surface area contributed by atoms with Crippen LogP contribution in [0.5, 0.6) is 0 Å². The second-order valence-electron chi connectivity index (χ2n) is 9.94. The summed E-state index contributed by atoms with van der Waals surface area (Å²) in [4.78, 5) is 23.3. The number of aryl methyl sites for hydroxylation is 1. The van der Waals surface area contributed by atoms with E-state index in [0.717, 1.165) is 5.56 Å². The maximum absolute atomic E-state index is 12.5. The summed E-state index contributed by atoms with van der Waals surface area (Å²) in [6.45, 7) is 5.30. The van der Waals surface area contributed by atoms with Crippen LogP contribution in [0.3, 0.4) is 0 Å². The number of amides is 1. The fraction of sp³-hybridized carbons (Fsp3) is 0.481. The molecule has 0 unspecified atom stereocenters. The molecule has 204 valence electrons. The maximum atomic E-state index is 12.5. The van der Waals surface area contributed by atoms with Crippen LogP contribution in [0.1, 0.15) is 69.9 Å². The average molecular weight is 548 g/mol. The van der Waals surface area contributed by atoms with E-state index in [0.29, 0.717) is 12.0 Å². The third kappa shape index (κ3) is 11.9. The predicted octanol–water partition coefficient (Wildman–Crippen LogP) is 8.09. The van der Waals surface area contributed by atoms with Crippen molar-refractivity contribution < 1.29 is 36.3 Å². The van der Waals surface area contributed by atoms with Gasteiger partial charge in [-0.05, 0) is 56.4 Å². The van der Waals surface area contributed by atoms with Crippen LogP contribution in [0.2, 0.25) is 5.02 Å². The lowest BCUT2D eigenvalue weighted by atomic mass is 9.77. The molecule has 0 bridgehead atoms. The van der Waals surface area contributed by atoms with Crippen molar-refractivity contribution in [1.82, 2.24) is 0 Å². The van der Waals surface area contributed by atoms with Gasteiger partial charge in [-0.2, -0.15) is 13.2 Å². The molecule has 1 fully saturated rings. The molecule has 37 heavy (non-hydrogen) atoms. The topological polar surface area (TPSA) is 55.4 Å². The number of nitrogens with one attached hydrogen (secondary N) is 1. The Bertz CT molecular complexity index is 1040. The molecule has 10 heteroatoms. The van der Waals surface area contributed by atoms with E-state index in [-0.39, 0.29) is 41.9 Å². The van der Waals surface area contributed by atoms with Gasteiger partial charge in [0.15, 0.2) is 0 Å². The van der Waals surface area contributed by atoms with Crippen molar-refractivity contribution in [2.75, 3.05) is 5.32 Å². The number of ether oxygens (including phenoxy) is 1. The maximum Gasteiger partial charge on any atom is 0.389 e. The van der Waals surface area contributed by atoms with Gasteiger partial charge >= 0.3 is 12.1 Å². The third-order valence-electron chi connectivity index (χ3n) is 5.34. The SMILES string of the molecule is CC(C)(C)OC(=O)CCc1ccc(Cl)c(NC(=O)CCC(F)(F)F)c1.FC1(F)CC(c2ccccc2)C1. The summed E-state index contributed by atoms with van der Waals surface area (Å²) in [7, 11) is 0. The molecule has 1 amide bonds. The van der Waals surface area contributed by atoms with Gasteiger partial charge in [-0.3, -0.25) is 9.59 Å². The summed E-state index contributed by atoms with van der Waals surface area (Å²) >= 11 is 5.95. The summed E-state index contributed by atoms with van der Waals surface area (Å²) in [5, 5.41) is 2.57. The van der Waals surface area contributed by atoms with E-state index in [1.54, 1.807) is 26.8 Å². The largest absolute Gasteiger partial charge is 0.460 e. The van der Waals surface area contributed by atoms with Crippen molar-refractivity contribution in [3.05, 3.63) is 64.7 Å². The van der Waals surface area contributed by atoms with Crippen LogP contribution in [-0.4, -0.2) is 29.6 Å². The van der Waals surface area contributed by atoms with Crippen LogP contribution in [0.15, 0.2) is 48.5 Å². The Labute approximate surface area is 218 Å². The Hall–Kier alpha value is -2.68. The van der Waals surface area contributed by atoms with E-state index in [1.165, 1.54) is 12.1 Å². The molecule has 0 radical (unpaired) electrons. The Morgan fingerprint density at radius 2 is 1.65 bits per heavy atom. The molecule has 1 saturated carbocycles. The summed E-state index contributed by atoms with van der Waals surface area (Å²) in [5.74, 6) is -3.46. The third-order valence-corrected chi connectivity index (χ3v) is 5.67. The van der Waals surface area contributed by atoms with E-state index in [1.807, 2.05) is 30.3 Å². The number of carbonyl (C=O) groups is 2. The molecule has 1 aliphatic rings. The monoisotopic (exact) mass is 547 g/mol. The molecule has 2 aromatic rings. The minimum absolute atomic E-state index is 0.0248. The van der Waals surface area contributed by atoms with Gasteiger partial charge in [-0.15, -0.1) is 0 Å². The number of rotatable bonds is 7. The Morgan fingerprint density at radius 3 is 2.19 bits per heavy atom. The molecular weight excluding hydrogens is 517 g/mol. The number of anilines is 1. The molecule has 0 atom stereocenters. The van der Waals surface area contributed by atoms with Gasteiger partial charge in [0.2, 0.25) is 11.8 Å². The number of hydrogen-bond donors (Lipinski definition) is 1. The zero-order valence-corrected chi connectivity index (χ0v) is 21.7. The van der Waals surface area contributed by atoms with E-state index >= 15 is 0 Å². The molecule has 0 aromatic heterocycles. The predicted molar refractivity (Wildman–Crippen MR) is 133 cm³/mol. The Kier molecular flexibility index (Phi) is 10.5. The standard InChI is InChI=1S/C17H21ClF3NO3.C10H10F2/c1-16(2,3)25-15(24)7-5-11-4-6-12(18)13(10-11)22-14(23)8-9-17(19,20)21;11-10(12)6-9(7-10)8-4-2-1-3-5-8/h4,6,10H,5,7-9H2,1-3H3,(H,22,23);1-5,9H,6-7H2. The fourth-order valence-electron chi connectivity index (χ4n) is 3.55. The lowest BCUT2D eigenvalue weighted by Crippen LogP contribution is -2.33. The van der Waals surface area contributed by atoms with Crippen molar-refractivity contribution >= 4 is 29.2 Å². The summed E-state index contributed by atoms with van der Waals surface area (Å²) in [6, 6.07) is 14.3. The minimum atomic E-state index is -4.39. The molecular formula is C27H31ClF5NO3. The summed E-state index contributed by atoms with van der Waals surface area (Å²) in [5.41, 5.74) is 1.40. The lowest BCUT2D eigenvalue weighted by Gasteiger charge is -2.35. The molecule has 2 aromatic carbocycles. The normalized spacial score (nSPS) is 15.2. The zero-order valence-electron chi connectivity index (χ0n) is 20.9. The van der Waals surface area contributed by atoms with Gasteiger partial charge in [0, 0.05) is 25.7 Å². The number of alkyl halides is 5. The van der Waals surface area contributed by atoms with Gasteiger partial charge in [-0.25, -0.2) is 8.78 Å².